The van der Waals surface area contributed by atoms with Crippen LogP contribution in [0.5, 0.6) is 0 Å². The van der Waals surface area contributed by atoms with Gasteiger partial charge >= 0.3 is 5.97 Å². The summed E-state index contributed by atoms with van der Waals surface area (Å²) in [4.78, 5) is 118. The van der Waals surface area contributed by atoms with Gasteiger partial charge in [0.15, 0.2) is 23.1 Å². The predicted octanol–water partition coefficient (Wildman–Crippen LogP) is 8.35. The van der Waals surface area contributed by atoms with Gasteiger partial charge in [-0.25, -0.2) is 4.79 Å². The van der Waals surface area contributed by atoms with Crippen molar-refractivity contribution in [3.63, 3.8) is 0 Å². The number of hydrogen-bond acceptors (Lipinski definition) is 23. The highest BCUT2D eigenvalue weighted by molar-refractivity contribution is 14.1. The van der Waals surface area contributed by atoms with Crippen molar-refractivity contribution < 1.29 is 68.6 Å². The zero-order chi connectivity index (χ0) is 82.0. The number of carboxylic acids is 1. The van der Waals surface area contributed by atoms with Crippen LogP contribution in [-0.2, 0) is 51.2 Å². The summed E-state index contributed by atoms with van der Waals surface area (Å²) >= 11 is 4.39. The quantitative estimate of drug-likeness (QED) is 0.00647. The molecule has 4 fully saturated rings. The number of aromatic carboxylic acids is 1. The maximum atomic E-state index is 12.4. The first-order chi connectivity index (χ1) is 54.8. The SMILES string of the molecule is CC(=O)c1ccc(C(=O)CCc2ccc(C(=O)NCCN3CCOCC3)cc2)s1.CCc1ccc(C(=O)NCCN2CCOCC2)cc1.CCc1ccc(C(=O)O)cc1.Cl.NCC(=O)c1ccc(C(=O)CCc2ccc(C(=O)NCCN3CCOCC3)cc2)s1.NCc1ccc(C(=O)NCCN2CCOCC2)cc1.NN.[2H]CI. The summed E-state index contributed by atoms with van der Waals surface area (Å²) in [6.07, 6.45) is 3.85. The monoisotopic (exact) mass is 1730 g/mol. The summed E-state index contributed by atoms with van der Waals surface area (Å²) in [5.74, 6) is 6.79. The Hall–Kier alpha value is -7.93. The third-order valence-electron chi connectivity index (χ3n) is 18.2. The van der Waals surface area contributed by atoms with Gasteiger partial charge < -0.3 is 56.8 Å². The molecule has 0 radical (unpaired) electrons. The van der Waals surface area contributed by atoms with Crippen LogP contribution in [0, 0.1) is 0 Å². The molecule has 0 unspecified atom stereocenters. The van der Waals surface area contributed by atoms with Crippen LogP contribution in [0.1, 0.15) is 153 Å². The molecule has 7 aromatic rings. The Morgan fingerprint density at radius 1 is 0.407 bits per heavy atom. The number of carbonyl (C=O) groups excluding carboxylic acids is 8. The molecule has 4 amide bonds. The number of carbonyl (C=O) groups is 9. The minimum atomic E-state index is -0.868. The van der Waals surface area contributed by atoms with Crippen molar-refractivity contribution in [3.05, 3.63) is 221 Å². The molecule has 26 nitrogen and oxygen atoms in total. The second kappa shape index (κ2) is 57.2. The number of ketones is 4. The lowest BCUT2D eigenvalue weighted by atomic mass is 10.0. The van der Waals surface area contributed by atoms with Crippen LogP contribution in [-0.4, -0.2) is 246 Å². The fourth-order valence-corrected chi connectivity index (χ4v) is 13.2. The molecule has 4 aliphatic heterocycles. The van der Waals surface area contributed by atoms with Crippen molar-refractivity contribution in [1.29, 1.82) is 0 Å². The van der Waals surface area contributed by atoms with Crippen molar-refractivity contribution in [3.8, 4) is 0 Å². The number of halogens is 2. The van der Waals surface area contributed by atoms with Crippen molar-refractivity contribution >= 4 is 110 Å². The number of aryl methyl sites for hydroxylation is 4. The fraction of sp³-hybridized carbons (Fsp3) is 0.434. The number of nitrogens with two attached hydrogens (primary N) is 4. The van der Waals surface area contributed by atoms with Crippen LogP contribution < -0.4 is 44.4 Å². The van der Waals surface area contributed by atoms with E-state index >= 15 is 0 Å². The number of rotatable bonds is 31. The van der Waals surface area contributed by atoms with E-state index in [2.05, 4.69) is 59.5 Å². The summed E-state index contributed by atoms with van der Waals surface area (Å²) in [7, 11) is 0. The van der Waals surface area contributed by atoms with E-state index in [-0.39, 0.29) is 65.7 Å². The van der Waals surface area contributed by atoms with Crippen LogP contribution in [0.3, 0.4) is 0 Å². The molecule has 0 bridgehead atoms. The molecule has 11 rings (SSSR count). The Balaban J connectivity index is 0.000000304. The third-order valence-corrected chi connectivity index (χ3v) is 20.6. The minimum Gasteiger partial charge on any atom is -0.478 e. The molecule has 113 heavy (non-hydrogen) atoms. The summed E-state index contributed by atoms with van der Waals surface area (Å²) < 4.78 is 27.4. The number of carboxylic acid groups (broad SMARTS) is 1. The second-order valence-corrected chi connectivity index (χ2v) is 28.1. The van der Waals surface area contributed by atoms with Crippen LogP contribution in [0.2, 0.25) is 0 Å². The topological polar surface area (TPSA) is 376 Å². The van der Waals surface area contributed by atoms with E-state index in [9.17, 15) is 43.2 Å². The number of alkyl halides is 1. The number of thiophene rings is 2. The number of hydrogen-bond donors (Lipinski definition) is 9. The average Bonchev–Trinajstić information content (AvgIpc) is 1.73. The van der Waals surface area contributed by atoms with Gasteiger partial charge in [-0.05, 0) is 150 Å². The summed E-state index contributed by atoms with van der Waals surface area (Å²) in [6, 6.07) is 43.6. The van der Waals surface area contributed by atoms with Gasteiger partial charge in [0.1, 0.15) is 0 Å². The molecule has 0 spiro atoms. The lowest BCUT2D eigenvalue weighted by Gasteiger charge is -2.26. The lowest BCUT2D eigenvalue weighted by molar-refractivity contribution is 0.0382. The minimum absolute atomic E-state index is 0. The Kier molecular flexibility index (Phi) is 48.4. The number of nitrogens with zero attached hydrogens (tertiary/aromatic N) is 4. The van der Waals surface area contributed by atoms with E-state index < -0.39 is 5.97 Å². The van der Waals surface area contributed by atoms with E-state index in [0.29, 0.717) is 105 Å². The molecule has 0 aliphatic carbocycles. The zero-order valence-corrected chi connectivity index (χ0v) is 69.8. The number of Topliss-reactive ketones (excluding diaryl/α,β-unsaturated/α-hetero) is 4. The summed E-state index contributed by atoms with van der Waals surface area (Å²) in [6.45, 7) is 25.7. The summed E-state index contributed by atoms with van der Waals surface area (Å²) in [5.41, 5.74) is 19.3. The Bertz CT molecular complexity index is 3880. The van der Waals surface area contributed by atoms with Crippen molar-refractivity contribution in [2.75, 3.05) is 169 Å². The van der Waals surface area contributed by atoms with Gasteiger partial charge in [-0.3, -0.25) is 69.6 Å². The van der Waals surface area contributed by atoms with Crippen LogP contribution >= 0.6 is 57.7 Å². The molecule has 13 N–H and O–H groups in total. The van der Waals surface area contributed by atoms with Gasteiger partial charge in [0.05, 0.1) is 84.5 Å². The second-order valence-electron chi connectivity index (χ2n) is 25.9. The van der Waals surface area contributed by atoms with Gasteiger partial charge in [0.25, 0.3) is 23.6 Å². The van der Waals surface area contributed by atoms with Gasteiger partial charge in [-0.1, -0.05) is 97.1 Å². The molecule has 4 saturated heterocycles. The highest BCUT2D eigenvalue weighted by Gasteiger charge is 2.19. The molecule has 5 aromatic carbocycles. The van der Waals surface area contributed by atoms with Crippen molar-refractivity contribution in [2.45, 2.75) is 65.8 Å². The fourth-order valence-electron chi connectivity index (χ4n) is 11.4. The Labute approximate surface area is 694 Å². The third kappa shape index (κ3) is 37.5. The Morgan fingerprint density at radius 2 is 0.655 bits per heavy atom. The van der Waals surface area contributed by atoms with E-state index in [4.69, 9.17) is 36.9 Å². The number of ether oxygens (including phenoxy) is 4. The molecule has 30 heteroatoms. The first kappa shape index (κ1) is 95.7. The van der Waals surface area contributed by atoms with Crippen LogP contribution in [0.25, 0.3) is 0 Å². The number of morpholine rings is 4. The van der Waals surface area contributed by atoms with E-state index in [0.717, 1.165) is 172 Å². The molecule has 0 saturated carbocycles. The van der Waals surface area contributed by atoms with E-state index in [1.54, 1.807) is 60.7 Å². The number of amides is 4. The normalized spacial score (nSPS) is 14.2. The predicted molar refractivity (Wildman–Crippen MR) is 457 cm³/mol. The first-order valence-corrected chi connectivity index (χ1v) is 40.9. The Morgan fingerprint density at radius 3 is 0.903 bits per heavy atom. The summed E-state index contributed by atoms with van der Waals surface area (Å²) in [5, 5.41) is 20.3. The number of nitrogens with one attached hydrogen (secondary N) is 4. The van der Waals surface area contributed by atoms with E-state index in [1.165, 1.54) is 35.2 Å². The highest BCUT2D eigenvalue weighted by Crippen LogP contribution is 2.22. The van der Waals surface area contributed by atoms with Crippen molar-refractivity contribution in [2.24, 2.45) is 23.2 Å². The molecular formula is C83H114ClIN12O14S2. The van der Waals surface area contributed by atoms with Gasteiger partial charge in [-0.2, -0.15) is 0 Å². The molecule has 616 valence electrons. The van der Waals surface area contributed by atoms with Gasteiger partial charge in [0.2, 0.25) is 0 Å². The smallest absolute Gasteiger partial charge is 0.335 e. The first-order valence-electron chi connectivity index (χ1n) is 38.4. The number of hydrazine groups is 1. The molecule has 0 atom stereocenters. The lowest BCUT2D eigenvalue weighted by Crippen LogP contribution is -2.41. The molecule has 4 aliphatic rings. The van der Waals surface area contributed by atoms with Crippen LogP contribution in [0.4, 0.5) is 0 Å². The van der Waals surface area contributed by atoms with Crippen LogP contribution in [0.15, 0.2) is 146 Å². The highest BCUT2D eigenvalue weighted by atomic mass is 127. The molecule has 6 heterocycles. The maximum absolute atomic E-state index is 12.4. The largest absolute Gasteiger partial charge is 0.478 e. The van der Waals surface area contributed by atoms with Crippen molar-refractivity contribution in [1.82, 2.24) is 40.9 Å². The van der Waals surface area contributed by atoms with E-state index in [1.807, 2.05) is 114 Å². The molecule has 2 aromatic heterocycles. The van der Waals surface area contributed by atoms with Gasteiger partial charge in [0, 0.05) is 148 Å². The average molecular weight is 1730 g/mol. The zero-order valence-electron chi connectivity index (χ0n) is 66.1. The number of benzene rings is 5. The van der Waals surface area contributed by atoms with Gasteiger partial charge in [-0.15, -0.1) is 35.1 Å². The maximum Gasteiger partial charge on any atom is 0.335 e. The molecular weight excluding hydrogens is 1620 g/mol. The standard InChI is InChI=1S/C22H27N3O4S.C22H26N2O4S.C15H22N2O2.C14H21N3O2.C9H10O2.CH3I.ClH.H4N2/c23-15-19(27)21-8-7-20(30-21)18(26)6-3-16-1-4-17(5-2-16)22(28)24-9-10-25-11-13-29-14-12-25;1-16(25)20-8-9-21(29-20)19(26)7-4-17-2-5-18(6-3-17)22(27)23-10-11-24-12-14-28-15-13-24;1-2-13-3-5-14(6-4-13)15(18)16-7-8-17-9-11-19-12-10-17;15-11-12-1-3-13(4-2-12)14(18)16-5-6-17-7-9-19-10-8-17;1-2-7-3-5-8(6-4-7)9(10)11;1-2;;1-2/h1-2,4-5,7-8H,3,6,9-15,23H2,(H,24,28);2-3,5-6,8-9H,4,7,10-15H2,1H3,(H,23,27);3-6H,2,7-12H2,1H3,(H,16,18);1-4H,5-11,15H2,(H,16,18);3-6H,2H2,1H3,(H,10,11);1H3;1H;1-2H2/i;;;;;1D;;.